The van der Waals surface area contributed by atoms with E-state index in [0.717, 1.165) is 16.8 Å². The fraction of sp³-hybridized carbons (Fsp3) is 0.357. The van der Waals surface area contributed by atoms with Crippen LogP contribution in [0.15, 0.2) is 71.6 Å². The highest BCUT2D eigenvalue weighted by Gasteiger charge is 2.46. The Labute approximate surface area is 200 Å². The fourth-order valence-electron chi connectivity index (χ4n) is 4.94. The van der Waals surface area contributed by atoms with Crippen molar-refractivity contribution in [2.75, 3.05) is 14.2 Å². The van der Waals surface area contributed by atoms with Crippen LogP contribution in [0.5, 0.6) is 11.5 Å². The zero-order chi connectivity index (χ0) is 24.5. The number of ketones is 1. The van der Waals surface area contributed by atoms with Crippen LogP contribution in [0, 0.1) is 11.3 Å². The average molecular weight is 462 g/mol. The van der Waals surface area contributed by atoms with Gasteiger partial charge in [0.05, 0.1) is 25.7 Å². The van der Waals surface area contributed by atoms with Crippen LogP contribution in [-0.2, 0) is 20.9 Å². The highest BCUT2D eigenvalue weighted by atomic mass is 16.5. The molecular formula is C28H31NO5. The van der Waals surface area contributed by atoms with E-state index in [-0.39, 0.29) is 17.8 Å². The molecular weight excluding hydrogens is 430 g/mol. The Morgan fingerprint density at radius 3 is 2.41 bits per heavy atom. The summed E-state index contributed by atoms with van der Waals surface area (Å²) < 4.78 is 16.6. The van der Waals surface area contributed by atoms with Gasteiger partial charge in [0.2, 0.25) is 0 Å². The molecule has 1 aliphatic heterocycles. The molecule has 2 atom stereocenters. The molecule has 0 bridgehead atoms. The number of esters is 1. The van der Waals surface area contributed by atoms with E-state index in [4.69, 9.17) is 14.2 Å². The lowest BCUT2D eigenvalue weighted by Gasteiger charge is -2.41. The summed E-state index contributed by atoms with van der Waals surface area (Å²) in [6, 6.07) is 15.1. The summed E-state index contributed by atoms with van der Waals surface area (Å²) in [6.07, 6.45) is 2.51. The Kier molecular flexibility index (Phi) is 6.51. The maximum atomic E-state index is 13.4. The minimum absolute atomic E-state index is 0.0932. The molecule has 0 aromatic heterocycles. The van der Waals surface area contributed by atoms with Gasteiger partial charge in [0, 0.05) is 23.7 Å². The molecule has 2 aromatic rings. The van der Waals surface area contributed by atoms with E-state index < -0.39 is 17.8 Å². The van der Waals surface area contributed by atoms with Gasteiger partial charge in [-0.2, -0.15) is 0 Å². The zero-order valence-electron chi connectivity index (χ0n) is 20.3. The molecule has 2 aliphatic rings. The quantitative estimate of drug-likeness (QED) is 0.617. The number of nitrogens with one attached hydrogen (secondary N) is 1. The number of benzene rings is 2. The van der Waals surface area contributed by atoms with Crippen molar-refractivity contribution in [1.29, 1.82) is 0 Å². The first kappa shape index (κ1) is 23.6. The van der Waals surface area contributed by atoms with Crippen molar-refractivity contribution in [2.24, 2.45) is 11.3 Å². The first-order valence-electron chi connectivity index (χ1n) is 11.4. The van der Waals surface area contributed by atoms with Gasteiger partial charge in [0.25, 0.3) is 0 Å². The van der Waals surface area contributed by atoms with Crippen molar-refractivity contribution >= 4 is 11.8 Å². The first-order chi connectivity index (χ1) is 16.2. The Bertz CT molecular complexity index is 1160. The van der Waals surface area contributed by atoms with Gasteiger partial charge < -0.3 is 19.5 Å². The number of ether oxygens (including phenoxy) is 3. The SMILES string of the molecule is COc1ccc(C2C(C(=O)OCc3ccccc3)=C(C)NC3=CC(C)(C)CC(=O)C32)cc1OC. The number of allylic oxidation sites excluding steroid dienone is 3. The second-order valence-corrected chi connectivity index (χ2v) is 9.53. The highest BCUT2D eigenvalue weighted by Crippen LogP contribution is 2.48. The lowest BCUT2D eigenvalue weighted by Crippen LogP contribution is -2.43. The molecule has 2 aromatic carbocycles. The standard InChI is InChI=1S/C28H31NO5/c1-17-24(27(31)34-16-18-9-7-6-8-10-18)25(19-11-12-22(32-4)23(13-19)33-5)26-20(29-17)14-28(2,3)15-21(26)30/h6-14,25-26,29H,15-16H2,1-5H3. The minimum atomic E-state index is -0.505. The predicted molar refractivity (Wildman–Crippen MR) is 129 cm³/mol. The van der Waals surface area contributed by atoms with Gasteiger partial charge in [0.1, 0.15) is 12.4 Å². The maximum absolute atomic E-state index is 13.4. The normalized spacial score (nSPS) is 21.2. The van der Waals surface area contributed by atoms with E-state index in [1.165, 1.54) is 0 Å². The number of carbonyl (C=O) groups is 2. The van der Waals surface area contributed by atoms with E-state index in [0.29, 0.717) is 29.2 Å². The summed E-state index contributed by atoms with van der Waals surface area (Å²) >= 11 is 0. The molecule has 2 unspecified atom stereocenters. The summed E-state index contributed by atoms with van der Waals surface area (Å²) in [4.78, 5) is 26.9. The molecule has 6 heteroatoms. The molecule has 0 spiro atoms. The number of hydrogen-bond donors (Lipinski definition) is 1. The summed E-state index contributed by atoms with van der Waals surface area (Å²) in [5.74, 6) is -0.225. The predicted octanol–water partition coefficient (Wildman–Crippen LogP) is 4.91. The number of methoxy groups -OCH3 is 2. The molecule has 34 heavy (non-hydrogen) atoms. The first-order valence-corrected chi connectivity index (χ1v) is 11.4. The topological polar surface area (TPSA) is 73.9 Å². The molecule has 6 nitrogen and oxygen atoms in total. The number of Topliss-reactive ketones (excluding diaryl/α,β-unsaturated/α-hetero) is 1. The lowest BCUT2D eigenvalue weighted by atomic mass is 9.66. The van der Waals surface area contributed by atoms with Crippen LogP contribution in [0.4, 0.5) is 0 Å². The third-order valence-corrected chi connectivity index (χ3v) is 6.44. The van der Waals surface area contributed by atoms with Crippen LogP contribution in [0.25, 0.3) is 0 Å². The molecule has 4 rings (SSSR count). The van der Waals surface area contributed by atoms with Crippen molar-refractivity contribution in [3.05, 3.63) is 82.7 Å². The second kappa shape index (κ2) is 9.37. The highest BCUT2D eigenvalue weighted by molar-refractivity contribution is 5.96. The van der Waals surface area contributed by atoms with Crippen molar-refractivity contribution < 1.29 is 23.8 Å². The van der Waals surface area contributed by atoms with Gasteiger partial charge >= 0.3 is 5.97 Å². The fourth-order valence-corrected chi connectivity index (χ4v) is 4.94. The Morgan fingerprint density at radius 2 is 1.74 bits per heavy atom. The second-order valence-electron chi connectivity index (χ2n) is 9.53. The molecule has 0 saturated heterocycles. The molecule has 1 N–H and O–H groups in total. The monoisotopic (exact) mass is 461 g/mol. The van der Waals surface area contributed by atoms with Gasteiger partial charge in [-0.3, -0.25) is 4.79 Å². The number of hydrogen-bond acceptors (Lipinski definition) is 6. The van der Waals surface area contributed by atoms with Crippen molar-refractivity contribution in [2.45, 2.75) is 39.7 Å². The van der Waals surface area contributed by atoms with E-state index in [1.54, 1.807) is 20.3 Å². The van der Waals surface area contributed by atoms with Crippen LogP contribution < -0.4 is 14.8 Å². The molecule has 0 fully saturated rings. The number of carbonyl (C=O) groups excluding carboxylic acids is 2. The maximum Gasteiger partial charge on any atom is 0.336 e. The molecule has 0 radical (unpaired) electrons. The Balaban J connectivity index is 1.79. The molecule has 1 aliphatic carbocycles. The Morgan fingerprint density at radius 1 is 1.03 bits per heavy atom. The number of fused-ring (bicyclic) bond motifs is 1. The smallest absolute Gasteiger partial charge is 0.336 e. The lowest BCUT2D eigenvalue weighted by molar-refractivity contribution is -0.141. The van der Waals surface area contributed by atoms with E-state index in [9.17, 15) is 9.59 Å². The third kappa shape index (κ3) is 4.58. The van der Waals surface area contributed by atoms with Gasteiger partial charge in [0.15, 0.2) is 11.5 Å². The van der Waals surface area contributed by atoms with Gasteiger partial charge in [-0.25, -0.2) is 4.79 Å². The van der Waals surface area contributed by atoms with E-state index in [2.05, 4.69) is 11.4 Å². The van der Waals surface area contributed by atoms with Crippen LogP contribution in [-0.4, -0.2) is 26.0 Å². The molecule has 0 saturated carbocycles. The van der Waals surface area contributed by atoms with Crippen LogP contribution >= 0.6 is 0 Å². The largest absolute Gasteiger partial charge is 0.493 e. The average Bonchev–Trinajstić information content (AvgIpc) is 2.81. The summed E-state index contributed by atoms with van der Waals surface area (Å²) in [5, 5.41) is 3.35. The van der Waals surface area contributed by atoms with E-state index >= 15 is 0 Å². The number of rotatable bonds is 6. The van der Waals surface area contributed by atoms with Crippen LogP contribution in [0.3, 0.4) is 0 Å². The van der Waals surface area contributed by atoms with Crippen molar-refractivity contribution in [3.63, 3.8) is 0 Å². The third-order valence-electron chi connectivity index (χ3n) is 6.44. The zero-order valence-corrected chi connectivity index (χ0v) is 20.3. The summed E-state index contributed by atoms with van der Waals surface area (Å²) in [7, 11) is 3.14. The van der Waals surface area contributed by atoms with Gasteiger partial charge in [-0.1, -0.05) is 56.3 Å². The van der Waals surface area contributed by atoms with Crippen LogP contribution in [0.1, 0.15) is 44.2 Å². The summed E-state index contributed by atoms with van der Waals surface area (Å²) in [6.45, 7) is 6.10. The molecule has 178 valence electrons. The minimum Gasteiger partial charge on any atom is -0.493 e. The van der Waals surface area contributed by atoms with Crippen molar-refractivity contribution in [1.82, 2.24) is 5.32 Å². The Hall–Kier alpha value is -3.54. The van der Waals surface area contributed by atoms with E-state index in [1.807, 2.05) is 63.2 Å². The van der Waals surface area contributed by atoms with Crippen LogP contribution in [0.2, 0.25) is 0 Å². The summed E-state index contributed by atoms with van der Waals surface area (Å²) in [5.41, 5.74) is 3.41. The van der Waals surface area contributed by atoms with Gasteiger partial charge in [-0.05, 0) is 35.6 Å². The van der Waals surface area contributed by atoms with Gasteiger partial charge in [-0.15, -0.1) is 0 Å². The molecule has 0 amide bonds. The van der Waals surface area contributed by atoms with Crippen molar-refractivity contribution in [3.8, 4) is 11.5 Å². The molecule has 1 heterocycles.